The van der Waals surface area contributed by atoms with Crippen LogP contribution >= 0.6 is 11.6 Å². The Bertz CT molecular complexity index is 585. The van der Waals surface area contributed by atoms with Gasteiger partial charge in [0.2, 0.25) is 0 Å². The molecule has 2 unspecified atom stereocenters. The van der Waals surface area contributed by atoms with Crippen LogP contribution in [0.15, 0.2) is 12.1 Å². The van der Waals surface area contributed by atoms with E-state index in [-0.39, 0.29) is 17.7 Å². The smallest absolute Gasteiger partial charge is 0.306 e. The molecule has 1 aliphatic rings. The van der Waals surface area contributed by atoms with Crippen molar-refractivity contribution in [3.05, 3.63) is 33.8 Å². The number of carbonyl (C=O) groups is 2. The number of benzene rings is 1. The van der Waals surface area contributed by atoms with Crippen molar-refractivity contribution in [1.82, 2.24) is 4.90 Å². The molecule has 5 heteroatoms. The predicted octanol–water partition coefficient (Wildman–Crippen LogP) is 3.14. The number of nitrogens with zero attached hydrogens (tertiary/aromatic N) is 1. The molecular formula is C16H20ClNO3. The molecule has 4 nitrogen and oxygen atoms in total. The van der Waals surface area contributed by atoms with Crippen molar-refractivity contribution in [2.24, 2.45) is 11.8 Å². The fourth-order valence-electron chi connectivity index (χ4n) is 2.81. The second kappa shape index (κ2) is 6.06. The SMILES string of the molecule is Cc1cc(Cl)c(C(=O)N2CCC(C(=O)O)C(C)C2)cc1C. The highest BCUT2D eigenvalue weighted by molar-refractivity contribution is 6.34. The molecule has 1 N–H and O–H groups in total. The minimum absolute atomic E-state index is 0.0504. The second-order valence-electron chi connectivity index (χ2n) is 5.88. The average molecular weight is 310 g/mol. The lowest BCUT2D eigenvalue weighted by Crippen LogP contribution is -2.45. The van der Waals surface area contributed by atoms with Crippen LogP contribution in [0, 0.1) is 25.7 Å². The lowest BCUT2D eigenvalue weighted by Gasteiger charge is -2.35. The Morgan fingerprint density at radius 3 is 2.48 bits per heavy atom. The minimum Gasteiger partial charge on any atom is -0.481 e. The summed E-state index contributed by atoms with van der Waals surface area (Å²) in [5, 5.41) is 9.59. The molecule has 0 radical (unpaired) electrons. The van der Waals surface area contributed by atoms with E-state index in [1.165, 1.54) is 0 Å². The number of aliphatic carboxylic acids is 1. The Hall–Kier alpha value is -1.55. The molecule has 0 saturated carbocycles. The van der Waals surface area contributed by atoms with Gasteiger partial charge < -0.3 is 10.0 Å². The zero-order valence-electron chi connectivity index (χ0n) is 12.5. The van der Waals surface area contributed by atoms with Crippen LogP contribution < -0.4 is 0 Å². The molecule has 1 aromatic carbocycles. The van der Waals surface area contributed by atoms with Crippen molar-refractivity contribution >= 4 is 23.5 Å². The molecule has 1 aliphatic heterocycles. The third kappa shape index (κ3) is 3.21. The van der Waals surface area contributed by atoms with Crippen molar-refractivity contribution in [2.75, 3.05) is 13.1 Å². The lowest BCUT2D eigenvalue weighted by molar-refractivity contribution is -0.145. The van der Waals surface area contributed by atoms with E-state index in [1.54, 1.807) is 11.0 Å². The van der Waals surface area contributed by atoms with Crippen molar-refractivity contribution in [3.63, 3.8) is 0 Å². The van der Waals surface area contributed by atoms with E-state index in [2.05, 4.69) is 0 Å². The Kier molecular flexibility index (Phi) is 4.57. The van der Waals surface area contributed by atoms with Crippen molar-refractivity contribution in [2.45, 2.75) is 27.2 Å². The van der Waals surface area contributed by atoms with Gasteiger partial charge in [-0.2, -0.15) is 0 Å². The molecule has 2 atom stereocenters. The minimum atomic E-state index is -0.779. The predicted molar refractivity (Wildman–Crippen MR) is 81.7 cm³/mol. The van der Waals surface area contributed by atoms with Gasteiger partial charge in [0.05, 0.1) is 16.5 Å². The summed E-state index contributed by atoms with van der Waals surface area (Å²) in [6, 6.07) is 3.62. The molecule has 114 valence electrons. The molecular weight excluding hydrogens is 290 g/mol. The van der Waals surface area contributed by atoms with Gasteiger partial charge in [-0.15, -0.1) is 0 Å². The first-order valence-electron chi connectivity index (χ1n) is 7.10. The van der Waals surface area contributed by atoms with Crippen LogP contribution in [0.4, 0.5) is 0 Å². The molecule has 21 heavy (non-hydrogen) atoms. The molecule has 0 spiro atoms. The van der Waals surface area contributed by atoms with Crippen molar-refractivity contribution < 1.29 is 14.7 Å². The lowest BCUT2D eigenvalue weighted by atomic mass is 9.86. The number of amides is 1. The van der Waals surface area contributed by atoms with Gasteiger partial charge in [0.25, 0.3) is 5.91 Å². The first kappa shape index (κ1) is 15.8. The summed E-state index contributed by atoms with van der Waals surface area (Å²) in [5.74, 6) is -1.31. The number of aryl methyl sites for hydroxylation is 2. The van der Waals surface area contributed by atoms with Gasteiger partial charge in [-0.3, -0.25) is 9.59 Å². The zero-order chi connectivity index (χ0) is 15.7. The van der Waals surface area contributed by atoms with Crippen LogP contribution in [0.5, 0.6) is 0 Å². The maximum Gasteiger partial charge on any atom is 0.306 e. The Morgan fingerprint density at radius 1 is 1.29 bits per heavy atom. The van der Waals surface area contributed by atoms with Crippen molar-refractivity contribution in [1.29, 1.82) is 0 Å². The van der Waals surface area contributed by atoms with Crippen molar-refractivity contribution in [3.8, 4) is 0 Å². The quantitative estimate of drug-likeness (QED) is 0.913. The topological polar surface area (TPSA) is 57.6 Å². The molecule has 1 amide bonds. The Morgan fingerprint density at radius 2 is 1.90 bits per heavy atom. The molecule has 1 saturated heterocycles. The standard InChI is InChI=1S/C16H20ClNO3/c1-9-6-13(14(17)7-10(9)2)15(19)18-5-4-12(16(20)21)11(3)8-18/h6-7,11-12H,4-5,8H2,1-3H3,(H,20,21). The maximum atomic E-state index is 12.6. The van der Waals surface area contributed by atoms with E-state index in [1.807, 2.05) is 26.8 Å². The molecule has 2 rings (SSSR count). The molecule has 1 aromatic rings. The van der Waals surface area contributed by atoms with E-state index in [0.29, 0.717) is 30.1 Å². The summed E-state index contributed by atoms with van der Waals surface area (Å²) in [5.41, 5.74) is 2.58. The Labute approximate surface area is 129 Å². The van der Waals surface area contributed by atoms with Gasteiger partial charge in [0.15, 0.2) is 0 Å². The van der Waals surface area contributed by atoms with Gasteiger partial charge in [0.1, 0.15) is 0 Å². The van der Waals surface area contributed by atoms with E-state index < -0.39 is 5.97 Å². The van der Waals surface area contributed by atoms with Crippen LogP contribution in [-0.2, 0) is 4.79 Å². The summed E-state index contributed by atoms with van der Waals surface area (Å²) >= 11 is 6.19. The molecule has 0 bridgehead atoms. The number of hydrogen-bond donors (Lipinski definition) is 1. The first-order chi connectivity index (χ1) is 9.81. The average Bonchev–Trinajstić information content (AvgIpc) is 2.41. The van der Waals surface area contributed by atoms with Crippen LogP contribution in [0.2, 0.25) is 5.02 Å². The molecule has 0 aliphatic carbocycles. The number of likely N-dealkylation sites (tertiary alicyclic amines) is 1. The normalized spacial score (nSPS) is 22.2. The summed E-state index contributed by atoms with van der Waals surface area (Å²) in [7, 11) is 0. The Balaban J connectivity index is 2.19. The fourth-order valence-corrected chi connectivity index (χ4v) is 3.11. The third-order valence-corrected chi connectivity index (χ3v) is 4.64. The summed E-state index contributed by atoms with van der Waals surface area (Å²) in [6.45, 7) is 6.69. The highest BCUT2D eigenvalue weighted by Crippen LogP contribution is 2.27. The van der Waals surface area contributed by atoms with Gasteiger partial charge in [-0.05, 0) is 49.4 Å². The number of carbonyl (C=O) groups excluding carboxylic acids is 1. The highest BCUT2D eigenvalue weighted by Gasteiger charge is 2.33. The van der Waals surface area contributed by atoms with Gasteiger partial charge >= 0.3 is 5.97 Å². The molecule has 1 fully saturated rings. The number of piperidine rings is 1. The summed E-state index contributed by atoms with van der Waals surface area (Å²) in [6.07, 6.45) is 0.491. The number of halogens is 1. The maximum absolute atomic E-state index is 12.6. The van der Waals surface area contributed by atoms with Crippen LogP contribution in [0.25, 0.3) is 0 Å². The largest absolute Gasteiger partial charge is 0.481 e. The number of carboxylic acid groups (broad SMARTS) is 1. The van der Waals surface area contributed by atoms with E-state index >= 15 is 0 Å². The van der Waals surface area contributed by atoms with Gasteiger partial charge in [-0.25, -0.2) is 0 Å². The van der Waals surface area contributed by atoms with Crippen LogP contribution in [0.1, 0.15) is 34.8 Å². The van der Waals surface area contributed by atoms with Gasteiger partial charge in [0, 0.05) is 13.1 Å². The van der Waals surface area contributed by atoms with Crippen LogP contribution in [-0.4, -0.2) is 35.0 Å². The number of carboxylic acids is 1. The number of hydrogen-bond acceptors (Lipinski definition) is 2. The molecule has 0 aromatic heterocycles. The monoisotopic (exact) mass is 309 g/mol. The highest BCUT2D eigenvalue weighted by atomic mass is 35.5. The van der Waals surface area contributed by atoms with E-state index in [0.717, 1.165) is 11.1 Å². The fraction of sp³-hybridized carbons (Fsp3) is 0.500. The zero-order valence-corrected chi connectivity index (χ0v) is 13.3. The second-order valence-corrected chi connectivity index (χ2v) is 6.29. The number of rotatable bonds is 2. The molecule has 1 heterocycles. The first-order valence-corrected chi connectivity index (χ1v) is 7.48. The van der Waals surface area contributed by atoms with Crippen LogP contribution in [0.3, 0.4) is 0 Å². The van der Waals surface area contributed by atoms with E-state index in [9.17, 15) is 9.59 Å². The third-order valence-electron chi connectivity index (χ3n) is 4.32. The summed E-state index contributed by atoms with van der Waals surface area (Å²) in [4.78, 5) is 25.4. The van der Waals surface area contributed by atoms with Gasteiger partial charge in [-0.1, -0.05) is 18.5 Å². The summed E-state index contributed by atoms with van der Waals surface area (Å²) < 4.78 is 0. The van der Waals surface area contributed by atoms with E-state index in [4.69, 9.17) is 16.7 Å².